The maximum absolute atomic E-state index is 12.2. The molecule has 7 heteroatoms. The molecule has 0 bridgehead atoms. The standard InChI is InChI=1S/C14H20N2O4S/c1-4-19-14(18)10-11(15)12(9(3)17)21-13(10)16-5-6-20-8(2)7-16/h8H,4-7,15H2,1-3H3. The van der Waals surface area contributed by atoms with Gasteiger partial charge in [-0.15, -0.1) is 11.3 Å². The van der Waals surface area contributed by atoms with Gasteiger partial charge in [0.1, 0.15) is 10.6 Å². The van der Waals surface area contributed by atoms with E-state index in [0.29, 0.717) is 35.1 Å². The molecule has 0 aromatic carbocycles. The summed E-state index contributed by atoms with van der Waals surface area (Å²) in [6.45, 7) is 7.32. The summed E-state index contributed by atoms with van der Waals surface area (Å²) in [7, 11) is 0. The van der Waals surface area contributed by atoms with Gasteiger partial charge >= 0.3 is 5.97 Å². The van der Waals surface area contributed by atoms with Gasteiger partial charge in [0.05, 0.1) is 29.9 Å². The highest BCUT2D eigenvalue weighted by atomic mass is 32.1. The third-order valence-electron chi connectivity index (χ3n) is 3.25. The molecule has 1 atom stereocenters. The maximum atomic E-state index is 12.2. The van der Waals surface area contributed by atoms with Crippen molar-refractivity contribution in [2.45, 2.75) is 26.9 Å². The van der Waals surface area contributed by atoms with Crippen LogP contribution in [0.25, 0.3) is 0 Å². The Balaban J connectivity index is 2.45. The Morgan fingerprint density at radius 1 is 1.52 bits per heavy atom. The zero-order chi connectivity index (χ0) is 15.6. The van der Waals surface area contributed by atoms with Crippen molar-refractivity contribution in [2.75, 3.05) is 36.9 Å². The molecule has 2 rings (SSSR count). The third kappa shape index (κ3) is 3.19. The van der Waals surface area contributed by atoms with Crippen LogP contribution >= 0.6 is 11.3 Å². The normalized spacial score (nSPS) is 18.6. The van der Waals surface area contributed by atoms with Gasteiger partial charge in [-0.05, 0) is 13.8 Å². The first-order chi connectivity index (χ1) is 9.95. The highest BCUT2D eigenvalue weighted by molar-refractivity contribution is 7.19. The lowest BCUT2D eigenvalue weighted by molar-refractivity contribution is 0.0504. The van der Waals surface area contributed by atoms with Crippen LogP contribution in [0.15, 0.2) is 0 Å². The predicted molar refractivity (Wildman–Crippen MR) is 82.3 cm³/mol. The van der Waals surface area contributed by atoms with Gasteiger partial charge in [-0.3, -0.25) is 4.79 Å². The first kappa shape index (κ1) is 15.8. The van der Waals surface area contributed by atoms with Crippen molar-refractivity contribution in [2.24, 2.45) is 0 Å². The minimum Gasteiger partial charge on any atom is -0.462 e. The Labute approximate surface area is 127 Å². The van der Waals surface area contributed by atoms with Crippen LogP contribution in [0.1, 0.15) is 40.8 Å². The number of carbonyl (C=O) groups excluding carboxylic acids is 2. The molecule has 1 fully saturated rings. The fraction of sp³-hybridized carbons (Fsp3) is 0.571. The largest absolute Gasteiger partial charge is 0.462 e. The van der Waals surface area contributed by atoms with Gasteiger partial charge < -0.3 is 20.1 Å². The van der Waals surface area contributed by atoms with Crippen molar-refractivity contribution in [1.82, 2.24) is 0 Å². The van der Waals surface area contributed by atoms with Crippen LogP contribution in [-0.4, -0.2) is 44.2 Å². The lowest BCUT2D eigenvalue weighted by Crippen LogP contribution is -2.41. The molecule has 1 aromatic heterocycles. The van der Waals surface area contributed by atoms with E-state index in [2.05, 4.69) is 0 Å². The summed E-state index contributed by atoms with van der Waals surface area (Å²) in [5.74, 6) is -0.622. The number of thiophene rings is 1. The molecule has 0 spiro atoms. The number of carbonyl (C=O) groups is 2. The average Bonchev–Trinajstić information content (AvgIpc) is 2.77. The number of nitrogen functional groups attached to an aromatic ring is 1. The van der Waals surface area contributed by atoms with Crippen molar-refractivity contribution < 1.29 is 19.1 Å². The summed E-state index contributed by atoms with van der Waals surface area (Å²) >= 11 is 1.25. The van der Waals surface area contributed by atoms with Crippen LogP contribution in [0.3, 0.4) is 0 Å². The molecule has 1 aromatic rings. The highest BCUT2D eigenvalue weighted by Gasteiger charge is 2.30. The number of ketones is 1. The van der Waals surface area contributed by atoms with Crippen LogP contribution in [0.5, 0.6) is 0 Å². The van der Waals surface area contributed by atoms with E-state index < -0.39 is 5.97 Å². The zero-order valence-electron chi connectivity index (χ0n) is 12.5. The summed E-state index contributed by atoms with van der Waals surface area (Å²) in [5, 5.41) is 0.700. The van der Waals surface area contributed by atoms with Gasteiger partial charge in [0.2, 0.25) is 0 Å². The number of hydrogen-bond acceptors (Lipinski definition) is 7. The second-order valence-electron chi connectivity index (χ2n) is 4.93. The van der Waals surface area contributed by atoms with E-state index in [0.717, 1.165) is 0 Å². The molecule has 1 saturated heterocycles. The smallest absolute Gasteiger partial charge is 0.343 e. The van der Waals surface area contributed by atoms with Gasteiger partial charge in [-0.2, -0.15) is 0 Å². The third-order valence-corrected chi connectivity index (χ3v) is 4.62. The molecule has 0 amide bonds. The number of Topliss-reactive ketones (excluding diaryl/α,β-unsaturated/α-hetero) is 1. The molecule has 21 heavy (non-hydrogen) atoms. The molecule has 116 valence electrons. The van der Waals surface area contributed by atoms with E-state index in [-0.39, 0.29) is 24.2 Å². The molecule has 0 radical (unpaired) electrons. The Hall–Kier alpha value is -1.60. The molecular weight excluding hydrogens is 292 g/mol. The monoisotopic (exact) mass is 312 g/mol. The molecule has 2 heterocycles. The first-order valence-electron chi connectivity index (χ1n) is 6.92. The second-order valence-corrected chi connectivity index (χ2v) is 5.93. The fourth-order valence-electron chi connectivity index (χ4n) is 2.32. The van der Waals surface area contributed by atoms with Crippen LogP contribution < -0.4 is 10.6 Å². The molecule has 1 aliphatic heterocycles. The van der Waals surface area contributed by atoms with Gasteiger partial charge in [0.15, 0.2) is 5.78 Å². The van der Waals surface area contributed by atoms with Gasteiger partial charge in [0, 0.05) is 20.0 Å². The summed E-state index contributed by atoms with van der Waals surface area (Å²) < 4.78 is 10.6. The van der Waals surface area contributed by atoms with E-state index in [1.807, 2.05) is 11.8 Å². The topological polar surface area (TPSA) is 81.9 Å². The number of esters is 1. The molecule has 2 N–H and O–H groups in total. The summed E-state index contributed by atoms with van der Waals surface area (Å²) in [6.07, 6.45) is 0.0675. The number of hydrogen-bond donors (Lipinski definition) is 1. The van der Waals surface area contributed by atoms with Crippen molar-refractivity contribution >= 4 is 33.8 Å². The fourth-order valence-corrected chi connectivity index (χ4v) is 3.46. The molecular formula is C14H20N2O4S. The summed E-state index contributed by atoms with van der Waals surface area (Å²) in [4.78, 5) is 26.3. The highest BCUT2D eigenvalue weighted by Crippen LogP contribution is 2.39. The van der Waals surface area contributed by atoms with Crippen LogP contribution in [0.2, 0.25) is 0 Å². The number of anilines is 2. The van der Waals surface area contributed by atoms with Crippen molar-refractivity contribution in [1.29, 1.82) is 0 Å². The number of nitrogens with zero attached hydrogens (tertiary/aromatic N) is 1. The predicted octanol–water partition coefficient (Wildman–Crippen LogP) is 1.93. The molecule has 0 aliphatic carbocycles. The zero-order valence-corrected chi connectivity index (χ0v) is 13.3. The summed E-state index contributed by atoms with van der Waals surface area (Å²) in [6, 6.07) is 0. The van der Waals surface area contributed by atoms with E-state index in [1.54, 1.807) is 6.92 Å². The minimum atomic E-state index is -0.479. The van der Waals surface area contributed by atoms with Crippen molar-refractivity contribution in [3.63, 3.8) is 0 Å². The second kappa shape index (κ2) is 6.44. The molecule has 1 aliphatic rings. The van der Waals surface area contributed by atoms with E-state index in [4.69, 9.17) is 15.2 Å². The number of morpholine rings is 1. The molecule has 0 saturated carbocycles. The Morgan fingerprint density at radius 2 is 2.24 bits per heavy atom. The van der Waals surface area contributed by atoms with E-state index in [9.17, 15) is 9.59 Å². The number of nitrogens with two attached hydrogens (primary N) is 1. The Kier molecular flexibility index (Phi) is 4.84. The van der Waals surface area contributed by atoms with Crippen LogP contribution in [-0.2, 0) is 9.47 Å². The number of rotatable bonds is 4. The lowest BCUT2D eigenvalue weighted by Gasteiger charge is -2.32. The van der Waals surface area contributed by atoms with Crippen LogP contribution in [0, 0.1) is 0 Å². The van der Waals surface area contributed by atoms with E-state index >= 15 is 0 Å². The van der Waals surface area contributed by atoms with Gasteiger partial charge in [0.25, 0.3) is 0 Å². The Morgan fingerprint density at radius 3 is 2.81 bits per heavy atom. The maximum Gasteiger partial charge on any atom is 0.343 e. The molecule has 1 unspecified atom stereocenters. The summed E-state index contributed by atoms with van der Waals surface area (Å²) in [5.41, 5.74) is 6.54. The first-order valence-corrected chi connectivity index (χ1v) is 7.74. The Bertz CT molecular complexity index is 555. The van der Waals surface area contributed by atoms with Crippen molar-refractivity contribution in [3.8, 4) is 0 Å². The SMILES string of the molecule is CCOC(=O)c1c(N2CCOC(C)C2)sc(C(C)=O)c1N. The average molecular weight is 312 g/mol. The molecule has 6 nitrogen and oxygen atoms in total. The van der Waals surface area contributed by atoms with E-state index in [1.165, 1.54) is 18.3 Å². The van der Waals surface area contributed by atoms with Gasteiger partial charge in [-0.1, -0.05) is 0 Å². The van der Waals surface area contributed by atoms with Gasteiger partial charge in [-0.25, -0.2) is 4.79 Å². The van der Waals surface area contributed by atoms with Crippen LogP contribution in [0.4, 0.5) is 10.7 Å². The quantitative estimate of drug-likeness (QED) is 0.676. The lowest BCUT2D eigenvalue weighted by atomic mass is 10.2. The minimum absolute atomic E-state index is 0.0675. The van der Waals surface area contributed by atoms with Crippen molar-refractivity contribution in [3.05, 3.63) is 10.4 Å². The number of ether oxygens (including phenoxy) is 2.